The van der Waals surface area contributed by atoms with E-state index < -0.39 is 0 Å². The Bertz CT molecular complexity index is 2870. The number of fused-ring (bicyclic) bond motifs is 8. The molecule has 0 aliphatic carbocycles. The number of anilines is 3. The van der Waals surface area contributed by atoms with E-state index in [1.54, 1.807) is 0 Å². The lowest BCUT2D eigenvalue weighted by Gasteiger charge is -2.26. The summed E-state index contributed by atoms with van der Waals surface area (Å²) in [6.45, 7) is 0. The van der Waals surface area contributed by atoms with Gasteiger partial charge in [-0.1, -0.05) is 133 Å². The van der Waals surface area contributed by atoms with Crippen LogP contribution in [-0.2, 0) is 0 Å². The summed E-state index contributed by atoms with van der Waals surface area (Å²) in [5, 5.41) is 9.67. The third-order valence-corrected chi connectivity index (χ3v) is 10.0. The SMILES string of the molecule is c1ccc(N(c2ccc(-c3cc4ccccc4c4ccccc34)cc2)c2cccc(-c3cccc4oc5c6ccccc6ccc5c34)c2)cc1. The first-order valence-electron chi connectivity index (χ1n) is 17.1. The number of nitrogens with zero attached hydrogens (tertiary/aromatic N) is 1. The summed E-state index contributed by atoms with van der Waals surface area (Å²) in [7, 11) is 0. The molecule has 2 heteroatoms. The monoisotopic (exact) mass is 637 g/mol. The lowest BCUT2D eigenvalue weighted by atomic mass is 9.93. The zero-order valence-electron chi connectivity index (χ0n) is 27.3. The lowest BCUT2D eigenvalue weighted by Crippen LogP contribution is -2.09. The normalized spacial score (nSPS) is 11.6. The first kappa shape index (κ1) is 28.4. The van der Waals surface area contributed by atoms with Gasteiger partial charge in [0.15, 0.2) is 0 Å². The van der Waals surface area contributed by atoms with Crippen molar-refractivity contribution >= 4 is 71.3 Å². The minimum atomic E-state index is 0.899. The summed E-state index contributed by atoms with van der Waals surface area (Å²) in [6.07, 6.45) is 0. The maximum Gasteiger partial charge on any atom is 0.143 e. The van der Waals surface area contributed by atoms with Crippen LogP contribution in [0.15, 0.2) is 192 Å². The van der Waals surface area contributed by atoms with Gasteiger partial charge in [0.25, 0.3) is 0 Å². The van der Waals surface area contributed by atoms with Crippen LogP contribution in [0, 0.1) is 0 Å². The molecule has 0 fully saturated rings. The van der Waals surface area contributed by atoms with Crippen LogP contribution in [0.5, 0.6) is 0 Å². The molecule has 0 bridgehead atoms. The molecule has 234 valence electrons. The Kier molecular flexibility index (Phi) is 6.53. The standard InChI is InChI=1S/C48H31NO/c1-2-15-36(16-3-1)49(37-27-24-33(25-28-37)45-31-35-13-5-6-18-39(35)42-20-8-9-21-43(42)45)38-17-10-14-34(30-38)40-22-11-23-46-47(40)44-29-26-32-12-4-7-19-41(32)48(44)50-46/h1-31H. The van der Waals surface area contributed by atoms with E-state index in [-0.39, 0.29) is 0 Å². The van der Waals surface area contributed by atoms with Gasteiger partial charge in [0.05, 0.1) is 0 Å². The van der Waals surface area contributed by atoms with Crippen LogP contribution in [-0.4, -0.2) is 0 Å². The predicted octanol–water partition coefficient (Wildman–Crippen LogP) is 13.8. The minimum absolute atomic E-state index is 0.899. The summed E-state index contributed by atoms with van der Waals surface area (Å²) in [5.74, 6) is 0. The Morgan fingerprint density at radius 1 is 0.340 bits per heavy atom. The highest BCUT2D eigenvalue weighted by Gasteiger charge is 2.18. The Morgan fingerprint density at radius 3 is 1.84 bits per heavy atom. The zero-order chi connectivity index (χ0) is 33.0. The Balaban J connectivity index is 1.10. The van der Waals surface area contributed by atoms with E-state index in [9.17, 15) is 0 Å². The highest BCUT2D eigenvalue weighted by Crippen LogP contribution is 2.43. The van der Waals surface area contributed by atoms with Crippen LogP contribution in [0.4, 0.5) is 17.1 Å². The van der Waals surface area contributed by atoms with E-state index in [1.165, 1.54) is 38.1 Å². The molecule has 0 aliphatic rings. The van der Waals surface area contributed by atoms with Crippen molar-refractivity contribution in [1.82, 2.24) is 0 Å². The first-order valence-corrected chi connectivity index (χ1v) is 17.1. The van der Waals surface area contributed by atoms with Crippen molar-refractivity contribution in [3.8, 4) is 22.3 Å². The van der Waals surface area contributed by atoms with Gasteiger partial charge < -0.3 is 9.32 Å². The van der Waals surface area contributed by atoms with Gasteiger partial charge in [0.2, 0.25) is 0 Å². The molecule has 0 unspecified atom stereocenters. The van der Waals surface area contributed by atoms with Gasteiger partial charge in [0.1, 0.15) is 11.2 Å². The molecule has 1 heterocycles. The largest absolute Gasteiger partial charge is 0.455 e. The average Bonchev–Trinajstić information content (AvgIpc) is 3.58. The number of para-hydroxylation sites is 1. The summed E-state index contributed by atoms with van der Waals surface area (Å²) in [6, 6.07) is 67.4. The summed E-state index contributed by atoms with van der Waals surface area (Å²) >= 11 is 0. The molecule has 0 amide bonds. The van der Waals surface area contributed by atoms with E-state index >= 15 is 0 Å². The Morgan fingerprint density at radius 2 is 1.00 bits per heavy atom. The lowest BCUT2D eigenvalue weighted by molar-refractivity contribution is 0.673. The zero-order valence-corrected chi connectivity index (χ0v) is 27.3. The highest BCUT2D eigenvalue weighted by atomic mass is 16.3. The van der Waals surface area contributed by atoms with Crippen molar-refractivity contribution in [3.05, 3.63) is 188 Å². The third kappa shape index (κ3) is 4.57. The van der Waals surface area contributed by atoms with Crippen molar-refractivity contribution in [1.29, 1.82) is 0 Å². The molecule has 2 nitrogen and oxygen atoms in total. The highest BCUT2D eigenvalue weighted by molar-refractivity contribution is 6.19. The van der Waals surface area contributed by atoms with Crippen molar-refractivity contribution in [2.45, 2.75) is 0 Å². The Hall–Kier alpha value is -6.64. The van der Waals surface area contributed by atoms with Gasteiger partial charge in [-0.25, -0.2) is 0 Å². The van der Waals surface area contributed by atoms with E-state index in [0.717, 1.165) is 55.5 Å². The first-order chi connectivity index (χ1) is 24.8. The molecule has 0 spiro atoms. The number of hydrogen-bond acceptors (Lipinski definition) is 2. The van der Waals surface area contributed by atoms with Crippen molar-refractivity contribution < 1.29 is 4.42 Å². The number of rotatable bonds is 5. The number of furan rings is 1. The van der Waals surface area contributed by atoms with Gasteiger partial charge >= 0.3 is 0 Å². The second-order valence-electron chi connectivity index (χ2n) is 12.9. The molecule has 1 aromatic heterocycles. The van der Waals surface area contributed by atoms with Crippen LogP contribution in [0.3, 0.4) is 0 Å². The summed E-state index contributed by atoms with van der Waals surface area (Å²) in [5.41, 5.74) is 9.87. The quantitative estimate of drug-likeness (QED) is 0.175. The van der Waals surface area contributed by atoms with Crippen LogP contribution >= 0.6 is 0 Å². The molecule has 0 N–H and O–H groups in total. The molecule has 0 radical (unpaired) electrons. The fourth-order valence-corrected chi connectivity index (χ4v) is 7.71. The second kappa shape index (κ2) is 11.5. The van der Waals surface area contributed by atoms with Crippen LogP contribution in [0.1, 0.15) is 0 Å². The van der Waals surface area contributed by atoms with Crippen molar-refractivity contribution in [3.63, 3.8) is 0 Å². The Labute approximate surface area is 290 Å². The molecule has 0 atom stereocenters. The molecule has 0 saturated heterocycles. The molecule has 9 aromatic carbocycles. The summed E-state index contributed by atoms with van der Waals surface area (Å²) < 4.78 is 6.53. The second-order valence-corrected chi connectivity index (χ2v) is 12.9. The van der Waals surface area contributed by atoms with E-state index in [1.807, 2.05) is 0 Å². The fourth-order valence-electron chi connectivity index (χ4n) is 7.71. The fraction of sp³-hybridized carbons (Fsp3) is 0. The minimum Gasteiger partial charge on any atom is -0.455 e. The van der Waals surface area contributed by atoms with E-state index in [2.05, 4.69) is 193 Å². The third-order valence-electron chi connectivity index (χ3n) is 10.0. The van der Waals surface area contributed by atoms with E-state index in [4.69, 9.17) is 4.42 Å². The van der Waals surface area contributed by atoms with Crippen LogP contribution in [0.25, 0.3) is 76.5 Å². The number of benzene rings is 9. The molecular formula is C48H31NO. The molecule has 10 aromatic rings. The van der Waals surface area contributed by atoms with Gasteiger partial charge in [-0.3, -0.25) is 0 Å². The average molecular weight is 638 g/mol. The van der Waals surface area contributed by atoms with Crippen LogP contribution in [0.2, 0.25) is 0 Å². The maximum atomic E-state index is 6.53. The van der Waals surface area contributed by atoms with Gasteiger partial charge in [-0.05, 0) is 104 Å². The maximum absolute atomic E-state index is 6.53. The van der Waals surface area contributed by atoms with Crippen molar-refractivity contribution in [2.24, 2.45) is 0 Å². The predicted molar refractivity (Wildman–Crippen MR) is 212 cm³/mol. The summed E-state index contributed by atoms with van der Waals surface area (Å²) in [4.78, 5) is 2.34. The molecule has 0 aliphatic heterocycles. The molecular weight excluding hydrogens is 607 g/mol. The van der Waals surface area contributed by atoms with Crippen molar-refractivity contribution in [2.75, 3.05) is 4.90 Å². The van der Waals surface area contributed by atoms with Gasteiger partial charge in [-0.2, -0.15) is 0 Å². The molecule has 10 rings (SSSR count). The topological polar surface area (TPSA) is 16.4 Å². The van der Waals surface area contributed by atoms with Crippen LogP contribution < -0.4 is 4.90 Å². The number of hydrogen-bond donors (Lipinski definition) is 0. The smallest absolute Gasteiger partial charge is 0.143 e. The van der Waals surface area contributed by atoms with E-state index in [0.29, 0.717) is 0 Å². The van der Waals surface area contributed by atoms with Gasteiger partial charge in [0, 0.05) is 33.2 Å². The molecule has 0 saturated carbocycles. The van der Waals surface area contributed by atoms with Gasteiger partial charge in [-0.15, -0.1) is 0 Å². The molecule has 50 heavy (non-hydrogen) atoms.